The summed E-state index contributed by atoms with van der Waals surface area (Å²) >= 11 is 0. The van der Waals surface area contributed by atoms with Crippen LogP contribution in [0.1, 0.15) is 11.1 Å². The first kappa shape index (κ1) is 16.1. The molecule has 1 aromatic carbocycles. The summed E-state index contributed by atoms with van der Waals surface area (Å²) in [6, 6.07) is 7.89. The molecule has 0 saturated heterocycles. The number of benzene rings is 1. The Morgan fingerprint density at radius 2 is 1.29 bits per heavy atom. The predicted octanol–water partition coefficient (Wildman–Crippen LogP) is -2.61. The van der Waals surface area contributed by atoms with Gasteiger partial charge in [0.25, 0.3) is 0 Å². The Morgan fingerprint density at radius 1 is 0.929 bits per heavy atom. The second kappa shape index (κ2) is 7.00. The molecule has 0 unspecified atom stereocenters. The topological polar surface area (TPSA) is 0 Å². The summed E-state index contributed by atoms with van der Waals surface area (Å²) in [6.07, 6.45) is 0. The van der Waals surface area contributed by atoms with Gasteiger partial charge in [-0.3, -0.25) is 0 Å². The fraction of sp³-hybridized carbons (Fsp3) is 0. The summed E-state index contributed by atoms with van der Waals surface area (Å²) in [5.41, 5.74) is 3.71. The number of allylic oxidation sites excluding steroid dienone is 2. The van der Waals surface area contributed by atoms with Crippen molar-refractivity contribution in [1.82, 2.24) is 0 Å². The summed E-state index contributed by atoms with van der Waals surface area (Å²) in [4.78, 5) is 0. The molecular formula is C12H12Li2. The van der Waals surface area contributed by atoms with Gasteiger partial charge in [-0.05, 0) is 0 Å². The Hall–Kier alpha value is -0.365. The van der Waals surface area contributed by atoms with Gasteiger partial charge < -0.3 is 0 Å². The molecule has 2 heteroatoms. The standard InChI is InChI=1S/C12H12.2Li/c1-9(2)11-6-5-7-12(8-11)10(3)4;;/h5-8H,1-4H2;;/q-2;2*+1. The molecule has 0 spiro atoms. The fourth-order valence-electron chi connectivity index (χ4n) is 0.959. The molecule has 14 heavy (non-hydrogen) atoms. The normalized spacial score (nSPS) is 8.00. The molecule has 0 aromatic heterocycles. The first-order valence-corrected chi connectivity index (χ1v) is 3.74. The van der Waals surface area contributed by atoms with Gasteiger partial charge in [-0.2, -0.15) is 44.2 Å². The Kier molecular flexibility index (Phi) is 8.04. The molecule has 0 bridgehead atoms. The van der Waals surface area contributed by atoms with Crippen molar-refractivity contribution in [3.8, 4) is 0 Å². The summed E-state index contributed by atoms with van der Waals surface area (Å²) < 4.78 is 0. The molecule has 62 valence electrons. The minimum Gasteiger partial charge on any atom is -0.199 e. The third-order valence-corrected chi connectivity index (χ3v) is 1.68. The van der Waals surface area contributed by atoms with E-state index in [1.54, 1.807) is 0 Å². The molecule has 0 saturated carbocycles. The minimum absolute atomic E-state index is 0. The van der Waals surface area contributed by atoms with E-state index in [2.05, 4.69) is 27.0 Å². The zero-order valence-electron chi connectivity index (χ0n) is 9.14. The minimum atomic E-state index is 0. The molecule has 1 rings (SSSR count). The maximum absolute atomic E-state index is 3.76. The first-order chi connectivity index (χ1) is 5.61. The third kappa shape index (κ3) is 4.23. The summed E-state index contributed by atoms with van der Waals surface area (Å²) in [5.74, 6) is 0. The van der Waals surface area contributed by atoms with Crippen molar-refractivity contribution in [2.45, 2.75) is 0 Å². The van der Waals surface area contributed by atoms with Crippen molar-refractivity contribution in [3.63, 3.8) is 0 Å². The Balaban J connectivity index is 0. The van der Waals surface area contributed by atoms with Crippen LogP contribution < -0.4 is 37.7 Å². The van der Waals surface area contributed by atoms with Crippen LogP contribution in [0, 0.1) is 13.8 Å². The van der Waals surface area contributed by atoms with Crippen LogP contribution in [-0.4, -0.2) is 0 Å². The van der Waals surface area contributed by atoms with Crippen LogP contribution in [0.4, 0.5) is 0 Å². The monoisotopic (exact) mass is 170 g/mol. The SMILES string of the molecule is C=C([CH2-])c1cccc(C(=C)[CH2-])c1.[Li+].[Li+]. The van der Waals surface area contributed by atoms with Gasteiger partial charge in [0, 0.05) is 0 Å². The summed E-state index contributed by atoms with van der Waals surface area (Å²) in [7, 11) is 0. The van der Waals surface area contributed by atoms with Crippen molar-refractivity contribution in [1.29, 1.82) is 0 Å². The molecule has 0 heterocycles. The van der Waals surface area contributed by atoms with Crippen molar-refractivity contribution >= 4 is 11.1 Å². The van der Waals surface area contributed by atoms with E-state index >= 15 is 0 Å². The molecule has 0 atom stereocenters. The Labute approximate surface area is 111 Å². The van der Waals surface area contributed by atoms with Crippen molar-refractivity contribution in [3.05, 3.63) is 62.4 Å². The predicted molar refractivity (Wildman–Crippen MR) is 55.2 cm³/mol. The Bertz CT molecular complexity index is 298. The smallest absolute Gasteiger partial charge is 0.199 e. The zero-order chi connectivity index (χ0) is 9.14. The van der Waals surface area contributed by atoms with Gasteiger partial charge in [0.1, 0.15) is 0 Å². The number of rotatable bonds is 2. The average Bonchev–Trinajstić information content (AvgIpc) is 2.04. The third-order valence-electron chi connectivity index (χ3n) is 1.68. The summed E-state index contributed by atoms with van der Waals surface area (Å²) in [6.45, 7) is 15.1. The van der Waals surface area contributed by atoms with Gasteiger partial charge in [-0.25, -0.2) is 0 Å². The second-order valence-corrected chi connectivity index (χ2v) is 2.79. The molecule has 0 aliphatic rings. The Morgan fingerprint density at radius 3 is 1.57 bits per heavy atom. The molecule has 0 fully saturated rings. The van der Waals surface area contributed by atoms with Gasteiger partial charge in [0.05, 0.1) is 0 Å². The molecule has 1 aromatic rings. The first-order valence-electron chi connectivity index (χ1n) is 3.74. The summed E-state index contributed by atoms with van der Waals surface area (Å²) in [5, 5.41) is 0. The van der Waals surface area contributed by atoms with Crippen LogP contribution >= 0.6 is 0 Å². The second-order valence-electron chi connectivity index (χ2n) is 2.79. The quantitative estimate of drug-likeness (QED) is 0.337. The largest absolute Gasteiger partial charge is 1.00 e. The van der Waals surface area contributed by atoms with Crippen LogP contribution in [0.15, 0.2) is 37.4 Å². The average molecular weight is 170 g/mol. The van der Waals surface area contributed by atoms with Crippen LogP contribution in [-0.2, 0) is 0 Å². The van der Waals surface area contributed by atoms with E-state index in [-0.39, 0.29) is 37.7 Å². The van der Waals surface area contributed by atoms with Crippen LogP contribution in [0.5, 0.6) is 0 Å². The zero-order valence-corrected chi connectivity index (χ0v) is 9.14. The molecule has 0 aliphatic heterocycles. The van der Waals surface area contributed by atoms with Crippen LogP contribution in [0.2, 0.25) is 0 Å². The van der Waals surface area contributed by atoms with E-state index in [4.69, 9.17) is 0 Å². The van der Waals surface area contributed by atoms with Gasteiger partial charge in [0.2, 0.25) is 0 Å². The maximum atomic E-state index is 3.76. The van der Waals surface area contributed by atoms with Gasteiger partial charge in [-0.15, -0.1) is 23.3 Å². The van der Waals surface area contributed by atoms with Gasteiger partial charge >= 0.3 is 37.7 Å². The van der Waals surface area contributed by atoms with E-state index in [1.165, 1.54) is 0 Å². The molecule has 0 aliphatic carbocycles. The van der Waals surface area contributed by atoms with E-state index in [1.807, 2.05) is 24.3 Å². The van der Waals surface area contributed by atoms with E-state index < -0.39 is 0 Å². The van der Waals surface area contributed by atoms with Crippen molar-refractivity contribution in [2.75, 3.05) is 0 Å². The number of hydrogen-bond acceptors (Lipinski definition) is 0. The van der Waals surface area contributed by atoms with E-state index in [0.717, 1.165) is 22.3 Å². The van der Waals surface area contributed by atoms with E-state index in [9.17, 15) is 0 Å². The van der Waals surface area contributed by atoms with Crippen LogP contribution in [0.3, 0.4) is 0 Å². The van der Waals surface area contributed by atoms with Gasteiger partial charge in [-0.1, -0.05) is 6.07 Å². The molecule has 0 N–H and O–H groups in total. The van der Waals surface area contributed by atoms with E-state index in [0.29, 0.717) is 0 Å². The van der Waals surface area contributed by atoms with Crippen molar-refractivity contribution < 1.29 is 37.7 Å². The number of hydrogen-bond donors (Lipinski definition) is 0. The van der Waals surface area contributed by atoms with Crippen molar-refractivity contribution in [2.24, 2.45) is 0 Å². The van der Waals surface area contributed by atoms with Crippen LogP contribution in [0.25, 0.3) is 11.1 Å². The molecule has 0 amide bonds. The van der Waals surface area contributed by atoms with Gasteiger partial charge in [0.15, 0.2) is 0 Å². The fourth-order valence-corrected chi connectivity index (χ4v) is 0.959. The molecule has 0 radical (unpaired) electrons. The molecular weight excluding hydrogens is 158 g/mol. The maximum Gasteiger partial charge on any atom is 1.00 e. The molecule has 0 nitrogen and oxygen atoms in total.